The van der Waals surface area contributed by atoms with Crippen LogP contribution in [-0.2, 0) is 0 Å². The van der Waals surface area contributed by atoms with Crippen molar-refractivity contribution >= 4 is 23.1 Å². The van der Waals surface area contributed by atoms with E-state index in [1.165, 1.54) is 32.4 Å². The number of nitrogens with zero attached hydrogens (tertiary/aromatic N) is 4. The summed E-state index contributed by atoms with van der Waals surface area (Å²) >= 11 is 0. The lowest BCUT2D eigenvalue weighted by Gasteiger charge is -2.20. The summed E-state index contributed by atoms with van der Waals surface area (Å²) < 4.78 is 1.90. The second-order valence-corrected chi connectivity index (χ2v) is 6.29. The zero-order chi connectivity index (χ0) is 17.6. The summed E-state index contributed by atoms with van der Waals surface area (Å²) in [6, 6.07) is 7.34. The summed E-state index contributed by atoms with van der Waals surface area (Å²) in [5.41, 5.74) is 7.90. The number of fused-ring (bicyclic) bond motifs is 1. The molecule has 2 N–H and O–H groups in total. The summed E-state index contributed by atoms with van der Waals surface area (Å²) in [4.78, 5) is 21.3. The number of carbonyl (C=O) groups excluding carboxylic acids is 1. The third kappa shape index (κ3) is 4.22. The molecule has 1 fully saturated rings. The lowest BCUT2D eigenvalue weighted by Crippen LogP contribution is -2.24. The van der Waals surface area contributed by atoms with Gasteiger partial charge >= 0.3 is 0 Å². The van der Waals surface area contributed by atoms with E-state index in [1.54, 1.807) is 24.5 Å². The molecular formula is C19H23N5O. The van der Waals surface area contributed by atoms with Crippen molar-refractivity contribution in [1.29, 1.82) is 0 Å². The fraction of sp³-hybridized carbons (Fsp3) is 0.316. The number of aldehydes is 1. The maximum Gasteiger partial charge on any atom is 0.151 e. The van der Waals surface area contributed by atoms with E-state index in [0.717, 1.165) is 23.0 Å². The van der Waals surface area contributed by atoms with Crippen molar-refractivity contribution in [3.05, 3.63) is 48.4 Å². The molecule has 1 saturated heterocycles. The van der Waals surface area contributed by atoms with Crippen LogP contribution in [-0.4, -0.2) is 45.9 Å². The van der Waals surface area contributed by atoms with Gasteiger partial charge in [-0.1, -0.05) is 6.42 Å². The Morgan fingerprint density at radius 3 is 2.56 bits per heavy atom. The highest BCUT2D eigenvalue weighted by atomic mass is 16.1. The number of hydrogen-bond donors (Lipinski definition) is 1. The summed E-state index contributed by atoms with van der Waals surface area (Å²) in [7, 11) is 2.19. The van der Waals surface area contributed by atoms with Gasteiger partial charge in [-0.05, 0) is 51.2 Å². The van der Waals surface area contributed by atoms with Crippen LogP contribution in [0.3, 0.4) is 0 Å². The van der Waals surface area contributed by atoms with Gasteiger partial charge in [0.05, 0.1) is 5.69 Å². The van der Waals surface area contributed by atoms with Gasteiger partial charge in [0.2, 0.25) is 0 Å². The van der Waals surface area contributed by atoms with Crippen LogP contribution >= 0.6 is 0 Å². The van der Waals surface area contributed by atoms with E-state index in [1.807, 2.05) is 22.9 Å². The minimum Gasteiger partial charge on any atom is -0.384 e. The second-order valence-electron chi connectivity index (χ2n) is 6.29. The molecular weight excluding hydrogens is 314 g/mol. The monoisotopic (exact) mass is 337 g/mol. The molecule has 1 aliphatic rings. The Balaban J connectivity index is 0.000000219. The highest BCUT2D eigenvalue weighted by Crippen LogP contribution is 2.19. The van der Waals surface area contributed by atoms with Crippen LogP contribution in [0.15, 0.2) is 42.9 Å². The molecule has 0 radical (unpaired) electrons. The smallest absolute Gasteiger partial charge is 0.151 e. The van der Waals surface area contributed by atoms with Gasteiger partial charge in [0.25, 0.3) is 0 Å². The summed E-state index contributed by atoms with van der Waals surface area (Å²) in [6.07, 6.45) is 10.2. The largest absolute Gasteiger partial charge is 0.384 e. The van der Waals surface area contributed by atoms with Gasteiger partial charge in [0.1, 0.15) is 11.5 Å². The molecule has 6 nitrogen and oxygen atoms in total. The average Bonchev–Trinajstić information content (AvgIpc) is 3.06. The average molecular weight is 337 g/mol. The number of anilines is 1. The maximum atomic E-state index is 10.7. The summed E-state index contributed by atoms with van der Waals surface area (Å²) in [5, 5.41) is 0.912. The van der Waals surface area contributed by atoms with Crippen LogP contribution in [0.4, 0.5) is 5.82 Å². The zero-order valence-corrected chi connectivity index (χ0v) is 14.4. The van der Waals surface area contributed by atoms with Crippen LogP contribution in [0.25, 0.3) is 16.7 Å². The number of pyridine rings is 2. The topological polar surface area (TPSA) is 77.0 Å². The molecule has 4 rings (SSSR count). The first kappa shape index (κ1) is 17.1. The van der Waals surface area contributed by atoms with Crippen LogP contribution in [0.1, 0.15) is 29.6 Å². The van der Waals surface area contributed by atoms with E-state index in [0.29, 0.717) is 11.4 Å². The van der Waals surface area contributed by atoms with Crippen LogP contribution < -0.4 is 5.73 Å². The van der Waals surface area contributed by atoms with Crippen LogP contribution in [0, 0.1) is 0 Å². The van der Waals surface area contributed by atoms with Gasteiger partial charge < -0.3 is 15.2 Å². The number of piperidine rings is 1. The van der Waals surface area contributed by atoms with E-state index in [4.69, 9.17) is 5.73 Å². The molecule has 3 aromatic rings. The first-order valence-corrected chi connectivity index (χ1v) is 8.50. The molecule has 4 heterocycles. The molecule has 0 aliphatic carbocycles. The van der Waals surface area contributed by atoms with Gasteiger partial charge in [-0.15, -0.1) is 0 Å². The molecule has 130 valence electrons. The molecule has 0 saturated carbocycles. The molecule has 0 spiro atoms. The second kappa shape index (κ2) is 7.90. The number of aromatic nitrogens is 3. The molecule has 0 amide bonds. The van der Waals surface area contributed by atoms with Crippen molar-refractivity contribution in [2.24, 2.45) is 0 Å². The van der Waals surface area contributed by atoms with Crippen LogP contribution in [0.5, 0.6) is 0 Å². The Morgan fingerprint density at radius 1 is 1.12 bits per heavy atom. The highest BCUT2D eigenvalue weighted by molar-refractivity contribution is 5.85. The number of hydrogen-bond acceptors (Lipinski definition) is 5. The minimum atomic E-state index is 0.457. The number of rotatable bonds is 2. The van der Waals surface area contributed by atoms with E-state index < -0.39 is 0 Å². The SMILES string of the molecule is CN1CCCCC1.Nc1cc(-n2ccc3cc(C=O)cnc32)ccn1. The minimum absolute atomic E-state index is 0.457. The van der Waals surface area contributed by atoms with Crippen molar-refractivity contribution in [3.8, 4) is 5.69 Å². The normalized spacial score (nSPS) is 14.8. The third-order valence-electron chi connectivity index (χ3n) is 4.31. The molecule has 6 heteroatoms. The quantitative estimate of drug-likeness (QED) is 0.728. The van der Waals surface area contributed by atoms with Gasteiger partial charge in [-0.3, -0.25) is 4.79 Å². The Labute approximate surface area is 147 Å². The van der Waals surface area contributed by atoms with E-state index >= 15 is 0 Å². The summed E-state index contributed by atoms with van der Waals surface area (Å²) in [6.45, 7) is 2.64. The summed E-state index contributed by atoms with van der Waals surface area (Å²) in [5.74, 6) is 0.457. The fourth-order valence-electron chi connectivity index (χ4n) is 2.95. The standard InChI is InChI=1S/C13H10N4O.C6H13N/c14-12-6-11(1-3-15-12)17-4-2-10-5-9(8-18)7-16-13(10)17;1-7-5-3-2-4-6-7/h1-8H,(H2,14,15);2-6H2,1H3. The first-order chi connectivity index (χ1) is 12.2. The molecule has 0 atom stereocenters. The van der Waals surface area contributed by atoms with E-state index in [-0.39, 0.29) is 0 Å². The van der Waals surface area contributed by atoms with Crippen molar-refractivity contribution in [1.82, 2.24) is 19.4 Å². The van der Waals surface area contributed by atoms with Gasteiger partial charge in [-0.25, -0.2) is 9.97 Å². The Hall–Kier alpha value is -2.73. The maximum absolute atomic E-state index is 10.7. The predicted molar refractivity (Wildman–Crippen MR) is 100 cm³/mol. The van der Waals surface area contributed by atoms with E-state index in [2.05, 4.69) is 21.9 Å². The van der Waals surface area contributed by atoms with Gasteiger partial charge in [0.15, 0.2) is 6.29 Å². The van der Waals surface area contributed by atoms with Gasteiger partial charge in [0, 0.05) is 35.6 Å². The van der Waals surface area contributed by atoms with Crippen molar-refractivity contribution < 1.29 is 4.79 Å². The lowest BCUT2D eigenvalue weighted by molar-refractivity contribution is 0.112. The zero-order valence-electron chi connectivity index (χ0n) is 14.4. The number of carbonyl (C=O) groups is 1. The number of nitrogens with two attached hydrogens (primary N) is 1. The molecule has 1 aliphatic heterocycles. The van der Waals surface area contributed by atoms with E-state index in [9.17, 15) is 4.79 Å². The molecule has 0 unspecified atom stereocenters. The Bertz CT molecular complexity index is 852. The van der Waals surface area contributed by atoms with Crippen molar-refractivity contribution in [2.75, 3.05) is 25.9 Å². The van der Waals surface area contributed by atoms with Crippen molar-refractivity contribution in [3.63, 3.8) is 0 Å². The number of nitrogen functional groups attached to an aromatic ring is 1. The first-order valence-electron chi connectivity index (χ1n) is 8.50. The molecule has 0 bridgehead atoms. The lowest BCUT2D eigenvalue weighted by atomic mass is 10.1. The molecule has 0 aromatic carbocycles. The molecule has 25 heavy (non-hydrogen) atoms. The predicted octanol–water partition coefficient (Wildman–Crippen LogP) is 2.92. The fourth-order valence-corrected chi connectivity index (χ4v) is 2.95. The number of likely N-dealkylation sites (tertiary alicyclic amines) is 1. The van der Waals surface area contributed by atoms with Gasteiger partial charge in [-0.2, -0.15) is 0 Å². The van der Waals surface area contributed by atoms with Crippen molar-refractivity contribution in [2.45, 2.75) is 19.3 Å². The molecule has 3 aromatic heterocycles. The Kier molecular flexibility index (Phi) is 5.40. The van der Waals surface area contributed by atoms with Crippen LogP contribution in [0.2, 0.25) is 0 Å². The highest BCUT2D eigenvalue weighted by Gasteiger charge is 2.06. The Morgan fingerprint density at radius 2 is 1.92 bits per heavy atom. The third-order valence-corrected chi connectivity index (χ3v) is 4.31.